The van der Waals surface area contributed by atoms with Gasteiger partial charge in [0.15, 0.2) is 5.96 Å². The smallest absolute Gasteiger partial charge is 0.191 e. The highest BCUT2D eigenvalue weighted by Gasteiger charge is 2.00. The highest BCUT2D eigenvalue weighted by molar-refractivity contribution is 14.0. The molecule has 1 aromatic rings. The maximum atomic E-state index is 5.21. The molecule has 0 unspecified atom stereocenters. The van der Waals surface area contributed by atoms with Crippen molar-refractivity contribution in [2.75, 3.05) is 40.8 Å². The molecule has 0 aliphatic heterocycles. The SMILES string of the molecule is CCN(C)CCNC(=NC)NCc1cccc(OC)c1.I. The largest absolute Gasteiger partial charge is 0.497 e. The van der Waals surface area contributed by atoms with E-state index in [-0.39, 0.29) is 24.0 Å². The van der Waals surface area contributed by atoms with Crippen molar-refractivity contribution in [3.05, 3.63) is 29.8 Å². The lowest BCUT2D eigenvalue weighted by Crippen LogP contribution is -2.40. The number of methoxy groups -OCH3 is 1. The molecule has 0 saturated carbocycles. The molecule has 1 aromatic carbocycles. The zero-order chi connectivity index (χ0) is 14.8. The Morgan fingerprint density at radius 2 is 2.10 bits per heavy atom. The molecule has 0 aliphatic rings. The van der Waals surface area contributed by atoms with Crippen LogP contribution in [0, 0.1) is 0 Å². The van der Waals surface area contributed by atoms with Crippen molar-refractivity contribution in [3.63, 3.8) is 0 Å². The zero-order valence-electron chi connectivity index (χ0n) is 13.3. The number of benzene rings is 1. The highest BCUT2D eigenvalue weighted by atomic mass is 127. The van der Waals surface area contributed by atoms with Crippen LogP contribution in [0.25, 0.3) is 0 Å². The van der Waals surface area contributed by atoms with Crippen molar-refractivity contribution >= 4 is 29.9 Å². The van der Waals surface area contributed by atoms with Crippen LogP contribution in [0.5, 0.6) is 5.75 Å². The van der Waals surface area contributed by atoms with E-state index in [0.717, 1.165) is 43.5 Å². The fourth-order valence-electron chi connectivity index (χ4n) is 1.71. The maximum absolute atomic E-state index is 5.21. The van der Waals surface area contributed by atoms with Gasteiger partial charge < -0.3 is 20.3 Å². The van der Waals surface area contributed by atoms with Gasteiger partial charge in [-0.25, -0.2) is 0 Å². The summed E-state index contributed by atoms with van der Waals surface area (Å²) in [6, 6.07) is 8.01. The Hall–Kier alpha value is -1.02. The van der Waals surface area contributed by atoms with Gasteiger partial charge in [0, 0.05) is 26.7 Å². The van der Waals surface area contributed by atoms with E-state index >= 15 is 0 Å². The van der Waals surface area contributed by atoms with Crippen molar-refractivity contribution in [1.29, 1.82) is 0 Å². The Kier molecular flexibility index (Phi) is 11.1. The molecule has 0 saturated heterocycles. The van der Waals surface area contributed by atoms with E-state index in [1.165, 1.54) is 0 Å². The first kappa shape index (κ1) is 20.0. The second kappa shape index (κ2) is 11.6. The summed E-state index contributed by atoms with van der Waals surface area (Å²) in [4.78, 5) is 6.47. The van der Waals surface area contributed by atoms with E-state index in [9.17, 15) is 0 Å². The monoisotopic (exact) mass is 406 g/mol. The fourth-order valence-corrected chi connectivity index (χ4v) is 1.71. The molecule has 21 heavy (non-hydrogen) atoms. The zero-order valence-corrected chi connectivity index (χ0v) is 15.7. The summed E-state index contributed by atoms with van der Waals surface area (Å²) in [7, 11) is 5.57. The Morgan fingerprint density at radius 1 is 1.33 bits per heavy atom. The molecule has 0 radical (unpaired) electrons. The lowest BCUT2D eigenvalue weighted by Gasteiger charge is -2.16. The van der Waals surface area contributed by atoms with Gasteiger partial charge >= 0.3 is 0 Å². The summed E-state index contributed by atoms with van der Waals surface area (Å²) in [5.41, 5.74) is 1.16. The molecule has 120 valence electrons. The number of rotatable bonds is 7. The third-order valence-corrected chi connectivity index (χ3v) is 3.14. The normalized spacial score (nSPS) is 11.0. The number of ether oxygens (including phenoxy) is 1. The first-order valence-electron chi connectivity index (χ1n) is 6.95. The van der Waals surface area contributed by atoms with Gasteiger partial charge in [-0.15, -0.1) is 24.0 Å². The summed E-state index contributed by atoms with van der Waals surface area (Å²) < 4.78 is 5.21. The molecule has 0 fully saturated rings. The van der Waals surface area contributed by atoms with Crippen molar-refractivity contribution in [2.24, 2.45) is 4.99 Å². The minimum absolute atomic E-state index is 0. The molecule has 0 aliphatic carbocycles. The number of hydrogen-bond donors (Lipinski definition) is 2. The number of aliphatic imine (C=N–C) groups is 1. The summed E-state index contributed by atoms with van der Waals surface area (Å²) in [6.45, 7) is 5.80. The maximum Gasteiger partial charge on any atom is 0.191 e. The lowest BCUT2D eigenvalue weighted by molar-refractivity contribution is 0.357. The Bertz CT molecular complexity index is 426. The molecule has 5 nitrogen and oxygen atoms in total. The Balaban J connectivity index is 0.00000400. The first-order chi connectivity index (χ1) is 9.69. The van der Waals surface area contributed by atoms with Crippen molar-refractivity contribution in [1.82, 2.24) is 15.5 Å². The van der Waals surface area contributed by atoms with Gasteiger partial charge in [-0.05, 0) is 31.3 Å². The van der Waals surface area contributed by atoms with Crippen LogP contribution < -0.4 is 15.4 Å². The molecule has 2 N–H and O–H groups in total. The van der Waals surface area contributed by atoms with E-state index in [1.807, 2.05) is 18.2 Å². The number of nitrogens with one attached hydrogen (secondary N) is 2. The predicted molar refractivity (Wildman–Crippen MR) is 99.8 cm³/mol. The molecule has 0 heterocycles. The van der Waals surface area contributed by atoms with Crippen LogP contribution in [0.2, 0.25) is 0 Å². The van der Waals surface area contributed by atoms with Gasteiger partial charge in [0.25, 0.3) is 0 Å². The van der Waals surface area contributed by atoms with E-state index in [0.29, 0.717) is 0 Å². The average Bonchev–Trinajstić information content (AvgIpc) is 2.50. The molecule has 0 aromatic heterocycles. The van der Waals surface area contributed by atoms with Crippen LogP contribution in [0.4, 0.5) is 0 Å². The Morgan fingerprint density at radius 3 is 2.71 bits per heavy atom. The van der Waals surface area contributed by atoms with Crippen LogP contribution >= 0.6 is 24.0 Å². The summed E-state index contributed by atoms with van der Waals surface area (Å²) in [5, 5.41) is 6.59. The van der Waals surface area contributed by atoms with Crippen LogP contribution in [0.1, 0.15) is 12.5 Å². The number of hydrogen-bond acceptors (Lipinski definition) is 3. The summed E-state index contributed by atoms with van der Waals surface area (Å²) >= 11 is 0. The fraction of sp³-hybridized carbons (Fsp3) is 0.533. The van der Waals surface area contributed by atoms with Gasteiger partial charge in [0.1, 0.15) is 5.75 Å². The van der Waals surface area contributed by atoms with Crippen molar-refractivity contribution in [3.8, 4) is 5.75 Å². The molecule has 0 atom stereocenters. The van der Waals surface area contributed by atoms with E-state index in [4.69, 9.17) is 4.74 Å². The number of nitrogens with zero attached hydrogens (tertiary/aromatic N) is 2. The average molecular weight is 406 g/mol. The number of likely N-dealkylation sites (N-methyl/N-ethyl adjacent to an activating group) is 1. The predicted octanol–water partition coefficient (Wildman–Crippen LogP) is 1.93. The van der Waals surface area contributed by atoms with Gasteiger partial charge in [-0.2, -0.15) is 0 Å². The molecular weight excluding hydrogens is 379 g/mol. The second-order valence-corrected chi connectivity index (χ2v) is 4.60. The van der Waals surface area contributed by atoms with Gasteiger partial charge in [-0.1, -0.05) is 19.1 Å². The van der Waals surface area contributed by atoms with Crippen LogP contribution in [0.15, 0.2) is 29.3 Å². The first-order valence-corrected chi connectivity index (χ1v) is 6.95. The van der Waals surface area contributed by atoms with Crippen LogP contribution in [-0.4, -0.2) is 51.7 Å². The van der Waals surface area contributed by atoms with Crippen molar-refractivity contribution in [2.45, 2.75) is 13.5 Å². The molecule has 0 amide bonds. The minimum atomic E-state index is 0. The molecule has 1 rings (SSSR count). The number of halogens is 1. The molecule has 0 spiro atoms. The van der Waals surface area contributed by atoms with Gasteiger partial charge in [0.2, 0.25) is 0 Å². The molecule has 6 heteroatoms. The minimum Gasteiger partial charge on any atom is -0.497 e. The second-order valence-electron chi connectivity index (χ2n) is 4.60. The number of guanidine groups is 1. The lowest BCUT2D eigenvalue weighted by atomic mass is 10.2. The molecular formula is C15H27IN4O. The van der Waals surface area contributed by atoms with Crippen molar-refractivity contribution < 1.29 is 4.74 Å². The van der Waals surface area contributed by atoms with Crippen LogP contribution in [0.3, 0.4) is 0 Å². The Labute approximate surface area is 145 Å². The van der Waals surface area contributed by atoms with E-state index < -0.39 is 0 Å². The third-order valence-electron chi connectivity index (χ3n) is 3.14. The summed E-state index contributed by atoms with van der Waals surface area (Å²) in [5.74, 6) is 1.69. The standard InChI is InChI=1S/C15H26N4O.HI/c1-5-19(3)10-9-17-15(16-2)18-12-13-7-6-8-14(11-13)20-4;/h6-8,11H,5,9-10,12H2,1-4H3,(H2,16,17,18);1H. The van der Waals surface area contributed by atoms with Gasteiger partial charge in [0.05, 0.1) is 7.11 Å². The molecule has 0 bridgehead atoms. The van der Waals surface area contributed by atoms with Gasteiger partial charge in [-0.3, -0.25) is 4.99 Å². The highest BCUT2D eigenvalue weighted by Crippen LogP contribution is 2.11. The van der Waals surface area contributed by atoms with E-state index in [1.54, 1.807) is 14.2 Å². The quantitative estimate of drug-likeness (QED) is 0.413. The van der Waals surface area contributed by atoms with E-state index in [2.05, 4.69) is 40.6 Å². The third kappa shape index (κ3) is 8.11. The summed E-state index contributed by atoms with van der Waals surface area (Å²) in [6.07, 6.45) is 0. The topological polar surface area (TPSA) is 48.9 Å². The van der Waals surface area contributed by atoms with Crippen LogP contribution in [-0.2, 0) is 6.54 Å².